The van der Waals surface area contributed by atoms with Crippen LogP contribution >= 0.6 is 24.0 Å². The second-order valence-corrected chi connectivity index (χ2v) is 8.45. The van der Waals surface area contributed by atoms with Gasteiger partial charge in [-0.05, 0) is 43.7 Å². The first-order valence-corrected chi connectivity index (χ1v) is 10.9. The third kappa shape index (κ3) is 5.07. The minimum absolute atomic E-state index is 0. The van der Waals surface area contributed by atoms with E-state index in [1.807, 2.05) is 6.92 Å². The van der Waals surface area contributed by atoms with Crippen molar-refractivity contribution in [3.8, 4) is 5.75 Å². The van der Waals surface area contributed by atoms with Gasteiger partial charge in [-0.15, -0.1) is 24.0 Å². The van der Waals surface area contributed by atoms with Crippen molar-refractivity contribution in [1.82, 2.24) is 15.5 Å². The molecule has 1 heterocycles. The number of guanidine groups is 1. The Kier molecular flexibility index (Phi) is 8.13. The molecule has 2 aliphatic carbocycles. The minimum atomic E-state index is -0.336. The molecule has 1 aromatic carbocycles. The van der Waals surface area contributed by atoms with E-state index in [1.165, 1.54) is 17.0 Å². The van der Waals surface area contributed by atoms with E-state index in [-0.39, 0.29) is 71.4 Å². The number of hydrogen-bond acceptors (Lipinski definition) is 4. The summed E-state index contributed by atoms with van der Waals surface area (Å²) >= 11 is 0. The molecule has 0 aromatic heterocycles. The van der Waals surface area contributed by atoms with E-state index in [1.54, 1.807) is 19.2 Å². The topological polar surface area (TPSA) is 83.0 Å². The molecule has 0 spiro atoms. The third-order valence-electron chi connectivity index (χ3n) is 6.33. The highest BCUT2D eigenvalue weighted by Gasteiger charge is 2.58. The van der Waals surface area contributed by atoms with Crippen LogP contribution < -0.4 is 15.4 Å². The maximum absolute atomic E-state index is 13.3. The standard InChI is InChI=1S/C23H29FN4O3.HI/c1-14(31-18-6-3-5-17(24)12-18)13-27-23(25-2)26-9-4-10-28-21(29)19-15-7-8-16(11-15)20(19)22(28)30;/h3,5-8,12,14-16,19-20H,4,9-11,13H2,1-2H3,(H2,25,26,27);1H. The van der Waals surface area contributed by atoms with Gasteiger partial charge in [-0.2, -0.15) is 0 Å². The lowest BCUT2D eigenvalue weighted by atomic mass is 9.85. The highest BCUT2D eigenvalue weighted by atomic mass is 127. The molecular formula is C23H30FIN4O3. The molecule has 1 aliphatic heterocycles. The molecule has 4 rings (SSSR count). The number of ether oxygens (including phenoxy) is 1. The smallest absolute Gasteiger partial charge is 0.233 e. The number of aliphatic imine (C=N–C) groups is 1. The molecule has 2 amide bonds. The molecule has 5 atom stereocenters. The van der Waals surface area contributed by atoms with Crippen molar-refractivity contribution in [2.75, 3.05) is 26.7 Å². The molecule has 1 saturated carbocycles. The van der Waals surface area contributed by atoms with E-state index >= 15 is 0 Å². The molecule has 1 aromatic rings. The van der Waals surface area contributed by atoms with Gasteiger partial charge in [0.05, 0.1) is 18.4 Å². The van der Waals surface area contributed by atoms with Crippen LogP contribution in [0.4, 0.5) is 4.39 Å². The number of halogens is 2. The van der Waals surface area contributed by atoms with Crippen LogP contribution in [-0.4, -0.2) is 55.5 Å². The van der Waals surface area contributed by atoms with Crippen LogP contribution in [0.15, 0.2) is 41.4 Å². The number of amides is 2. The predicted molar refractivity (Wildman–Crippen MR) is 130 cm³/mol. The third-order valence-corrected chi connectivity index (χ3v) is 6.33. The summed E-state index contributed by atoms with van der Waals surface area (Å²) in [5.41, 5.74) is 0. The zero-order valence-electron chi connectivity index (χ0n) is 18.3. The fraction of sp³-hybridized carbons (Fsp3) is 0.522. The number of hydrogen-bond donors (Lipinski definition) is 2. The van der Waals surface area contributed by atoms with E-state index in [9.17, 15) is 14.0 Å². The molecule has 174 valence electrons. The Morgan fingerprint density at radius 2 is 1.91 bits per heavy atom. The van der Waals surface area contributed by atoms with E-state index in [0.717, 1.165) is 6.42 Å². The Balaban J connectivity index is 0.00000289. The van der Waals surface area contributed by atoms with Crippen molar-refractivity contribution in [1.29, 1.82) is 0 Å². The highest BCUT2D eigenvalue weighted by molar-refractivity contribution is 14.0. The first-order valence-electron chi connectivity index (χ1n) is 10.9. The summed E-state index contributed by atoms with van der Waals surface area (Å²) < 4.78 is 18.9. The summed E-state index contributed by atoms with van der Waals surface area (Å²) in [6, 6.07) is 6.04. The second-order valence-electron chi connectivity index (χ2n) is 8.45. The van der Waals surface area contributed by atoms with Gasteiger partial charge in [0.2, 0.25) is 11.8 Å². The summed E-state index contributed by atoms with van der Waals surface area (Å²) in [5, 5.41) is 6.36. The normalized spacial score (nSPS) is 26.7. The summed E-state index contributed by atoms with van der Waals surface area (Å²) in [6.45, 7) is 3.37. The van der Waals surface area contributed by atoms with Crippen molar-refractivity contribution < 1.29 is 18.7 Å². The Morgan fingerprint density at radius 3 is 2.53 bits per heavy atom. The predicted octanol–water partition coefficient (Wildman–Crippen LogP) is 2.57. The summed E-state index contributed by atoms with van der Waals surface area (Å²) in [5.74, 6) is 0.962. The fourth-order valence-electron chi connectivity index (χ4n) is 4.90. The van der Waals surface area contributed by atoms with Gasteiger partial charge >= 0.3 is 0 Å². The number of likely N-dealkylation sites (tertiary alicyclic amines) is 1. The number of rotatable bonds is 8. The zero-order chi connectivity index (χ0) is 22.0. The molecule has 1 saturated heterocycles. The maximum Gasteiger partial charge on any atom is 0.233 e. The molecule has 0 radical (unpaired) electrons. The summed E-state index contributed by atoms with van der Waals surface area (Å²) in [4.78, 5) is 31.0. The SMILES string of the molecule is CN=C(NCCCN1C(=O)C2C3C=CC(C3)C2C1=O)NCC(C)Oc1cccc(F)c1.I. The first kappa shape index (κ1) is 24.5. The number of carbonyl (C=O) groups excluding carboxylic acids is 2. The zero-order valence-corrected chi connectivity index (χ0v) is 20.6. The molecule has 2 bridgehead atoms. The number of allylic oxidation sites excluding steroid dienone is 2. The maximum atomic E-state index is 13.3. The van der Waals surface area contributed by atoms with Gasteiger partial charge in [0.25, 0.3) is 0 Å². The van der Waals surface area contributed by atoms with E-state index in [2.05, 4.69) is 27.8 Å². The lowest BCUT2D eigenvalue weighted by molar-refractivity contribution is -0.140. The largest absolute Gasteiger partial charge is 0.489 e. The van der Waals surface area contributed by atoms with Crippen LogP contribution in [0.2, 0.25) is 0 Å². The van der Waals surface area contributed by atoms with Gasteiger partial charge < -0.3 is 15.4 Å². The first-order chi connectivity index (χ1) is 15.0. The quantitative estimate of drug-likeness (QED) is 0.129. The minimum Gasteiger partial charge on any atom is -0.489 e. The van der Waals surface area contributed by atoms with Crippen LogP contribution in [0.5, 0.6) is 5.75 Å². The lowest BCUT2D eigenvalue weighted by Crippen LogP contribution is -2.43. The molecule has 5 unspecified atom stereocenters. The molecule has 2 fully saturated rings. The number of imide groups is 1. The molecule has 7 nitrogen and oxygen atoms in total. The summed E-state index contributed by atoms with van der Waals surface area (Å²) in [7, 11) is 1.67. The van der Waals surface area contributed by atoms with E-state index < -0.39 is 0 Å². The Hall–Kier alpha value is -2.17. The number of benzene rings is 1. The summed E-state index contributed by atoms with van der Waals surface area (Å²) in [6.07, 6.45) is 5.62. The van der Waals surface area contributed by atoms with Crippen molar-refractivity contribution in [2.45, 2.75) is 25.9 Å². The van der Waals surface area contributed by atoms with Gasteiger partial charge in [0.15, 0.2) is 5.96 Å². The monoisotopic (exact) mass is 556 g/mol. The Morgan fingerprint density at radius 1 is 1.22 bits per heavy atom. The van der Waals surface area contributed by atoms with Gasteiger partial charge in [-0.3, -0.25) is 19.5 Å². The molecule has 3 aliphatic rings. The van der Waals surface area contributed by atoms with Crippen LogP contribution in [-0.2, 0) is 9.59 Å². The number of nitrogens with one attached hydrogen (secondary N) is 2. The number of nitrogens with zero attached hydrogens (tertiary/aromatic N) is 2. The molecular weight excluding hydrogens is 526 g/mol. The average Bonchev–Trinajstić information content (AvgIpc) is 3.42. The highest BCUT2D eigenvalue weighted by Crippen LogP contribution is 2.52. The van der Waals surface area contributed by atoms with Crippen LogP contribution in [0.1, 0.15) is 19.8 Å². The van der Waals surface area contributed by atoms with E-state index in [0.29, 0.717) is 37.8 Å². The van der Waals surface area contributed by atoms with Gasteiger partial charge in [0.1, 0.15) is 17.7 Å². The number of fused-ring (bicyclic) bond motifs is 5. The molecule has 32 heavy (non-hydrogen) atoms. The number of carbonyl (C=O) groups is 2. The average molecular weight is 556 g/mol. The second kappa shape index (κ2) is 10.6. The molecule has 9 heteroatoms. The van der Waals surface area contributed by atoms with E-state index in [4.69, 9.17) is 4.74 Å². The Bertz CT molecular complexity index is 879. The van der Waals surface area contributed by atoms with Gasteiger partial charge in [0, 0.05) is 26.2 Å². The lowest BCUT2D eigenvalue weighted by Gasteiger charge is -2.19. The van der Waals surface area contributed by atoms with Crippen LogP contribution in [0.3, 0.4) is 0 Å². The van der Waals surface area contributed by atoms with Crippen molar-refractivity contribution in [2.24, 2.45) is 28.7 Å². The van der Waals surface area contributed by atoms with Crippen molar-refractivity contribution in [3.05, 3.63) is 42.2 Å². The van der Waals surface area contributed by atoms with Crippen molar-refractivity contribution >= 4 is 41.8 Å². The fourth-order valence-corrected chi connectivity index (χ4v) is 4.90. The van der Waals surface area contributed by atoms with Gasteiger partial charge in [-0.25, -0.2) is 4.39 Å². The van der Waals surface area contributed by atoms with Crippen LogP contribution in [0.25, 0.3) is 0 Å². The molecule has 2 N–H and O–H groups in total. The Labute approximate surface area is 204 Å². The van der Waals surface area contributed by atoms with Gasteiger partial charge in [-0.1, -0.05) is 18.2 Å². The van der Waals surface area contributed by atoms with Crippen molar-refractivity contribution in [3.63, 3.8) is 0 Å². The van der Waals surface area contributed by atoms with Crippen LogP contribution in [0, 0.1) is 29.5 Å².